The van der Waals surface area contributed by atoms with Crippen molar-refractivity contribution in [2.45, 2.75) is 19.5 Å². The van der Waals surface area contributed by atoms with Crippen molar-refractivity contribution in [1.29, 1.82) is 0 Å². The molecule has 1 amide bonds. The standard InChI is InChI=1S/C23H26F3N3O3/c1-3-32-20-15-17(5-8-19(20)31-2)6-10-22(30)29-12-4-11-28(13-14-29)21-9-7-18(16-27-21)23(24,25)26/h5-10,15-16H,3-4,11-14H2,1-2H3/b10-6+. The summed E-state index contributed by atoms with van der Waals surface area (Å²) >= 11 is 0. The number of carbonyl (C=O) groups is 1. The molecule has 1 fully saturated rings. The minimum Gasteiger partial charge on any atom is -0.493 e. The second kappa shape index (κ2) is 10.4. The summed E-state index contributed by atoms with van der Waals surface area (Å²) in [5, 5.41) is 0. The Morgan fingerprint density at radius 1 is 1.12 bits per heavy atom. The summed E-state index contributed by atoms with van der Waals surface area (Å²) in [7, 11) is 1.57. The third-order valence-corrected chi connectivity index (χ3v) is 5.11. The zero-order valence-corrected chi connectivity index (χ0v) is 18.1. The van der Waals surface area contributed by atoms with Gasteiger partial charge in [0, 0.05) is 38.5 Å². The molecule has 0 N–H and O–H groups in total. The Morgan fingerprint density at radius 2 is 1.94 bits per heavy atom. The number of benzene rings is 1. The van der Waals surface area contributed by atoms with Crippen LogP contribution in [-0.4, -0.2) is 55.7 Å². The lowest BCUT2D eigenvalue weighted by atomic mass is 10.2. The maximum absolute atomic E-state index is 12.7. The predicted octanol–water partition coefficient (Wildman–Crippen LogP) is 4.26. The van der Waals surface area contributed by atoms with Crippen LogP contribution in [0, 0.1) is 0 Å². The number of pyridine rings is 1. The molecule has 1 aromatic heterocycles. The average Bonchev–Trinajstić information content (AvgIpc) is 3.04. The van der Waals surface area contributed by atoms with E-state index in [1.807, 2.05) is 24.0 Å². The molecule has 0 bridgehead atoms. The van der Waals surface area contributed by atoms with Gasteiger partial charge in [0.05, 0.1) is 19.3 Å². The molecule has 0 atom stereocenters. The van der Waals surface area contributed by atoms with E-state index in [4.69, 9.17) is 9.47 Å². The molecule has 172 valence electrons. The Labute approximate surface area is 185 Å². The van der Waals surface area contributed by atoms with Crippen molar-refractivity contribution < 1.29 is 27.4 Å². The summed E-state index contributed by atoms with van der Waals surface area (Å²) in [6, 6.07) is 7.85. The van der Waals surface area contributed by atoms with E-state index in [9.17, 15) is 18.0 Å². The smallest absolute Gasteiger partial charge is 0.417 e. The van der Waals surface area contributed by atoms with E-state index in [-0.39, 0.29) is 5.91 Å². The van der Waals surface area contributed by atoms with Gasteiger partial charge < -0.3 is 19.3 Å². The molecular formula is C23H26F3N3O3. The van der Waals surface area contributed by atoms with Gasteiger partial charge in [-0.15, -0.1) is 0 Å². The highest BCUT2D eigenvalue weighted by Crippen LogP contribution is 2.30. The lowest BCUT2D eigenvalue weighted by Gasteiger charge is -2.22. The molecule has 32 heavy (non-hydrogen) atoms. The number of alkyl halides is 3. The number of ether oxygens (including phenoxy) is 2. The van der Waals surface area contributed by atoms with Gasteiger partial charge in [0.15, 0.2) is 11.5 Å². The number of aromatic nitrogens is 1. The van der Waals surface area contributed by atoms with E-state index in [1.54, 1.807) is 24.2 Å². The molecule has 0 radical (unpaired) electrons. The molecule has 0 aliphatic carbocycles. The van der Waals surface area contributed by atoms with Crippen molar-refractivity contribution in [3.05, 3.63) is 53.7 Å². The van der Waals surface area contributed by atoms with Crippen molar-refractivity contribution in [2.75, 3.05) is 44.8 Å². The summed E-state index contributed by atoms with van der Waals surface area (Å²) in [6.45, 7) is 4.51. The fourth-order valence-corrected chi connectivity index (χ4v) is 3.45. The Bertz CT molecular complexity index is 946. The van der Waals surface area contributed by atoms with Gasteiger partial charge >= 0.3 is 6.18 Å². The van der Waals surface area contributed by atoms with Crippen LogP contribution in [0.4, 0.5) is 19.0 Å². The van der Waals surface area contributed by atoms with Gasteiger partial charge in [-0.3, -0.25) is 4.79 Å². The van der Waals surface area contributed by atoms with Crippen LogP contribution in [0.2, 0.25) is 0 Å². The molecule has 1 saturated heterocycles. The minimum absolute atomic E-state index is 0.124. The quantitative estimate of drug-likeness (QED) is 0.617. The van der Waals surface area contributed by atoms with E-state index in [0.29, 0.717) is 56.5 Å². The monoisotopic (exact) mass is 449 g/mol. The molecule has 2 heterocycles. The van der Waals surface area contributed by atoms with Crippen molar-refractivity contribution in [1.82, 2.24) is 9.88 Å². The van der Waals surface area contributed by atoms with E-state index >= 15 is 0 Å². The summed E-state index contributed by atoms with van der Waals surface area (Å²) in [5.74, 6) is 1.59. The molecule has 1 aliphatic heterocycles. The van der Waals surface area contributed by atoms with Crippen molar-refractivity contribution in [2.24, 2.45) is 0 Å². The second-order valence-electron chi connectivity index (χ2n) is 7.25. The predicted molar refractivity (Wildman–Crippen MR) is 116 cm³/mol. The lowest BCUT2D eigenvalue weighted by molar-refractivity contribution is -0.137. The summed E-state index contributed by atoms with van der Waals surface area (Å²) < 4.78 is 49.1. The Kier molecular flexibility index (Phi) is 7.61. The third kappa shape index (κ3) is 5.93. The van der Waals surface area contributed by atoms with Crippen molar-refractivity contribution >= 4 is 17.8 Å². The second-order valence-corrected chi connectivity index (χ2v) is 7.25. The zero-order chi connectivity index (χ0) is 23.1. The lowest BCUT2D eigenvalue weighted by Crippen LogP contribution is -2.34. The van der Waals surface area contributed by atoms with E-state index in [1.165, 1.54) is 12.1 Å². The van der Waals surface area contributed by atoms with Crippen molar-refractivity contribution in [3.8, 4) is 11.5 Å². The minimum atomic E-state index is -4.41. The first-order chi connectivity index (χ1) is 15.3. The van der Waals surface area contributed by atoms with Crippen LogP contribution in [0.15, 0.2) is 42.6 Å². The van der Waals surface area contributed by atoms with Gasteiger partial charge in [-0.2, -0.15) is 13.2 Å². The molecule has 0 unspecified atom stereocenters. The fourth-order valence-electron chi connectivity index (χ4n) is 3.45. The maximum Gasteiger partial charge on any atom is 0.417 e. The molecule has 1 aromatic carbocycles. The van der Waals surface area contributed by atoms with Crippen LogP contribution in [0.1, 0.15) is 24.5 Å². The molecule has 3 rings (SSSR count). The van der Waals surface area contributed by atoms with Gasteiger partial charge in [-0.05, 0) is 49.2 Å². The number of methoxy groups -OCH3 is 1. The van der Waals surface area contributed by atoms with Crippen LogP contribution in [0.25, 0.3) is 6.08 Å². The van der Waals surface area contributed by atoms with Gasteiger partial charge in [-0.1, -0.05) is 6.07 Å². The van der Waals surface area contributed by atoms with Crippen LogP contribution in [0.5, 0.6) is 11.5 Å². The van der Waals surface area contributed by atoms with Gasteiger partial charge in [0.2, 0.25) is 5.91 Å². The van der Waals surface area contributed by atoms with Gasteiger partial charge in [-0.25, -0.2) is 4.98 Å². The third-order valence-electron chi connectivity index (χ3n) is 5.11. The van der Waals surface area contributed by atoms with E-state index < -0.39 is 11.7 Å². The highest BCUT2D eigenvalue weighted by molar-refractivity contribution is 5.92. The number of amides is 1. The first-order valence-electron chi connectivity index (χ1n) is 10.4. The summed E-state index contributed by atoms with van der Waals surface area (Å²) in [5.41, 5.74) is 0.0389. The molecule has 0 saturated carbocycles. The first-order valence-corrected chi connectivity index (χ1v) is 10.4. The average molecular weight is 449 g/mol. The molecule has 2 aromatic rings. The summed E-state index contributed by atoms with van der Waals surface area (Å²) in [4.78, 5) is 20.3. The number of anilines is 1. The zero-order valence-electron chi connectivity index (χ0n) is 18.1. The first kappa shape index (κ1) is 23.4. The largest absolute Gasteiger partial charge is 0.493 e. The van der Waals surface area contributed by atoms with Crippen LogP contribution < -0.4 is 14.4 Å². The maximum atomic E-state index is 12.7. The highest BCUT2D eigenvalue weighted by Gasteiger charge is 2.31. The topological polar surface area (TPSA) is 54.9 Å². The molecule has 6 nitrogen and oxygen atoms in total. The summed E-state index contributed by atoms with van der Waals surface area (Å²) in [6.07, 6.45) is 0.373. The molecule has 9 heteroatoms. The Hall–Kier alpha value is -3.23. The number of carbonyl (C=O) groups excluding carboxylic acids is 1. The number of hydrogen-bond donors (Lipinski definition) is 0. The van der Waals surface area contributed by atoms with Crippen molar-refractivity contribution in [3.63, 3.8) is 0 Å². The van der Waals surface area contributed by atoms with Crippen LogP contribution >= 0.6 is 0 Å². The number of rotatable bonds is 6. The number of hydrogen-bond acceptors (Lipinski definition) is 5. The molecular weight excluding hydrogens is 423 g/mol. The molecule has 0 spiro atoms. The number of halogens is 3. The number of nitrogens with zero attached hydrogens (tertiary/aromatic N) is 3. The van der Waals surface area contributed by atoms with Gasteiger partial charge in [0.25, 0.3) is 0 Å². The van der Waals surface area contributed by atoms with Gasteiger partial charge in [0.1, 0.15) is 5.82 Å². The van der Waals surface area contributed by atoms with E-state index in [2.05, 4.69) is 4.98 Å². The highest BCUT2D eigenvalue weighted by atomic mass is 19.4. The Balaban J connectivity index is 1.61. The molecule has 1 aliphatic rings. The fraction of sp³-hybridized carbons (Fsp3) is 0.391. The van der Waals surface area contributed by atoms with Crippen LogP contribution in [-0.2, 0) is 11.0 Å². The SMILES string of the molecule is CCOc1cc(/C=C/C(=O)N2CCCN(c3ccc(C(F)(F)F)cn3)CC2)ccc1OC. The van der Waals surface area contributed by atoms with Crippen LogP contribution in [0.3, 0.4) is 0 Å². The normalized spacial score (nSPS) is 15.0. The van der Waals surface area contributed by atoms with E-state index in [0.717, 1.165) is 17.8 Å². The Morgan fingerprint density at radius 3 is 2.59 bits per heavy atom.